The Morgan fingerprint density at radius 2 is 1.90 bits per heavy atom. The van der Waals surface area contributed by atoms with Crippen LogP contribution < -0.4 is 0 Å². The molecule has 1 aromatic rings. The van der Waals surface area contributed by atoms with Crippen molar-refractivity contribution in [2.75, 3.05) is 20.7 Å². The summed E-state index contributed by atoms with van der Waals surface area (Å²) in [6.45, 7) is -0.552. The Bertz CT molecular complexity index is 688. The first-order valence-electron chi connectivity index (χ1n) is 5.36. The van der Waals surface area contributed by atoms with Crippen LogP contribution in [-0.4, -0.2) is 50.5 Å². The molecule has 0 radical (unpaired) electrons. The fraction of sp³-hybridized carbons (Fsp3) is 0.273. The molecule has 1 aromatic carbocycles. The number of sulfonamides is 1. The van der Waals surface area contributed by atoms with Crippen LogP contribution in [-0.2, 0) is 19.6 Å². The molecule has 0 spiro atoms. The van der Waals surface area contributed by atoms with Crippen molar-refractivity contribution in [1.82, 2.24) is 4.31 Å². The Morgan fingerprint density at radius 3 is 2.38 bits per heavy atom. The normalized spacial score (nSPS) is 11.5. The molecule has 0 saturated heterocycles. The van der Waals surface area contributed by atoms with E-state index in [0.29, 0.717) is 4.31 Å². The summed E-state index contributed by atoms with van der Waals surface area (Å²) in [4.78, 5) is 21.7. The monoisotopic (exact) mass is 355 g/mol. The molecule has 10 heteroatoms. The second-order valence-electron chi connectivity index (χ2n) is 3.91. The summed E-state index contributed by atoms with van der Waals surface area (Å²) < 4.78 is 29.7. The van der Waals surface area contributed by atoms with Gasteiger partial charge in [0, 0.05) is 12.1 Å². The molecule has 0 amide bonds. The van der Waals surface area contributed by atoms with Crippen LogP contribution in [0.4, 0.5) is 0 Å². The van der Waals surface area contributed by atoms with Gasteiger partial charge in [-0.05, 0) is 12.1 Å². The number of carboxylic acid groups (broad SMARTS) is 1. The van der Waals surface area contributed by atoms with Crippen LogP contribution in [0.3, 0.4) is 0 Å². The molecule has 0 aliphatic heterocycles. The SMILES string of the molecule is COC(=O)CN(C)S(=O)(=O)c1cc(Cl)cc(C(=O)O)c1Cl. The molecule has 0 bridgehead atoms. The number of ether oxygens (including phenoxy) is 1. The standard InChI is InChI=1S/C11H11Cl2NO6S/c1-14(5-9(15)20-2)21(18,19)8-4-6(12)3-7(10(8)13)11(16)17/h3-4H,5H2,1-2H3,(H,16,17). The zero-order valence-corrected chi connectivity index (χ0v) is 13.3. The highest BCUT2D eigenvalue weighted by molar-refractivity contribution is 7.89. The number of carbonyl (C=O) groups excluding carboxylic acids is 1. The molecule has 0 unspecified atom stereocenters. The number of aromatic carboxylic acids is 1. The third kappa shape index (κ3) is 3.85. The summed E-state index contributed by atoms with van der Waals surface area (Å²) >= 11 is 11.5. The molecule has 0 saturated carbocycles. The molecule has 21 heavy (non-hydrogen) atoms. The quantitative estimate of drug-likeness (QED) is 0.802. The average Bonchev–Trinajstić information content (AvgIpc) is 2.40. The largest absolute Gasteiger partial charge is 0.478 e. The Balaban J connectivity index is 3.38. The van der Waals surface area contributed by atoms with Gasteiger partial charge in [0.05, 0.1) is 17.7 Å². The maximum absolute atomic E-state index is 12.3. The fourth-order valence-corrected chi connectivity index (χ4v) is 3.40. The summed E-state index contributed by atoms with van der Waals surface area (Å²) in [6, 6.07) is 2.05. The first-order valence-corrected chi connectivity index (χ1v) is 7.56. The third-order valence-electron chi connectivity index (χ3n) is 2.50. The fourth-order valence-electron chi connectivity index (χ4n) is 1.41. The number of carboxylic acids is 1. The van der Waals surface area contributed by atoms with E-state index in [1.54, 1.807) is 0 Å². The maximum atomic E-state index is 12.3. The Labute approximate surface area is 131 Å². The van der Waals surface area contributed by atoms with Crippen molar-refractivity contribution < 1.29 is 27.9 Å². The second-order valence-corrected chi connectivity index (χ2v) is 6.74. The lowest BCUT2D eigenvalue weighted by Gasteiger charge is -2.17. The predicted octanol–water partition coefficient (Wildman–Crippen LogP) is 1.49. The number of benzene rings is 1. The zero-order chi connectivity index (χ0) is 16.4. The molecule has 0 aliphatic carbocycles. The molecule has 116 valence electrons. The van der Waals surface area contributed by atoms with Gasteiger partial charge in [-0.2, -0.15) is 4.31 Å². The Kier molecular flexibility index (Phi) is 5.57. The average molecular weight is 356 g/mol. The van der Waals surface area contributed by atoms with E-state index in [2.05, 4.69) is 4.74 Å². The summed E-state index contributed by atoms with van der Waals surface area (Å²) in [7, 11) is -1.96. The number of rotatable bonds is 5. The molecule has 7 nitrogen and oxygen atoms in total. The summed E-state index contributed by atoms with van der Waals surface area (Å²) in [5.41, 5.74) is -0.450. The first-order chi connectivity index (χ1) is 9.61. The van der Waals surface area contributed by atoms with Gasteiger partial charge in [-0.1, -0.05) is 23.2 Å². The molecule has 0 atom stereocenters. The van der Waals surface area contributed by atoms with Crippen molar-refractivity contribution in [3.05, 3.63) is 27.7 Å². The van der Waals surface area contributed by atoms with Crippen LogP contribution in [0.1, 0.15) is 10.4 Å². The van der Waals surface area contributed by atoms with E-state index in [1.807, 2.05) is 0 Å². The van der Waals surface area contributed by atoms with Gasteiger partial charge >= 0.3 is 11.9 Å². The van der Waals surface area contributed by atoms with E-state index < -0.39 is 44.0 Å². The van der Waals surface area contributed by atoms with E-state index in [-0.39, 0.29) is 5.02 Å². The molecule has 1 N–H and O–H groups in total. The van der Waals surface area contributed by atoms with E-state index in [0.717, 1.165) is 26.3 Å². The van der Waals surface area contributed by atoms with Crippen LogP contribution in [0.2, 0.25) is 10.0 Å². The number of esters is 1. The highest BCUT2D eigenvalue weighted by Gasteiger charge is 2.28. The smallest absolute Gasteiger partial charge is 0.337 e. The van der Waals surface area contributed by atoms with Crippen LogP contribution in [0, 0.1) is 0 Å². The lowest BCUT2D eigenvalue weighted by molar-refractivity contribution is -0.140. The number of nitrogens with zero attached hydrogens (tertiary/aromatic N) is 1. The van der Waals surface area contributed by atoms with E-state index in [4.69, 9.17) is 28.3 Å². The van der Waals surface area contributed by atoms with E-state index in [9.17, 15) is 18.0 Å². The number of hydrogen-bond acceptors (Lipinski definition) is 5. The highest BCUT2D eigenvalue weighted by Crippen LogP contribution is 2.31. The summed E-state index contributed by atoms with van der Waals surface area (Å²) in [6.07, 6.45) is 0. The van der Waals surface area contributed by atoms with Crippen LogP contribution >= 0.6 is 23.2 Å². The number of likely N-dealkylation sites (N-methyl/N-ethyl adjacent to an activating group) is 1. The maximum Gasteiger partial charge on any atom is 0.337 e. The molecule has 0 aliphatic rings. The zero-order valence-electron chi connectivity index (χ0n) is 11.0. The van der Waals surface area contributed by atoms with Gasteiger partial charge in [0.25, 0.3) is 0 Å². The van der Waals surface area contributed by atoms with Gasteiger partial charge in [0.2, 0.25) is 10.0 Å². The van der Waals surface area contributed by atoms with Crippen LogP contribution in [0.5, 0.6) is 0 Å². The first kappa shape index (κ1) is 17.7. The van der Waals surface area contributed by atoms with Gasteiger partial charge in [-0.15, -0.1) is 0 Å². The molecule has 0 fully saturated rings. The minimum absolute atomic E-state index is 0.109. The van der Waals surface area contributed by atoms with E-state index >= 15 is 0 Å². The number of carbonyl (C=O) groups is 2. The Morgan fingerprint density at radius 1 is 1.33 bits per heavy atom. The van der Waals surface area contributed by atoms with Crippen molar-refractivity contribution in [1.29, 1.82) is 0 Å². The van der Waals surface area contributed by atoms with Gasteiger partial charge in [-0.3, -0.25) is 4.79 Å². The minimum Gasteiger partial charge on any atom is -0.478 e. The van der Waals surface area contributed by atoms with Crippen molar-refractivity contribution in [3.63, 3.8) is 0 Å². The lowest BCUT2D eigenvalue weighted by atomic mass is 10.2. The van der Waals surface area contributed by atoms with Crippen molar-refractivity contribution in [2.24, 2.45) is 0 Å². The van der Waals surface area contributed by atoms with Crippen LogP contribution in [0.15, 0.2) is 17.0 Å². The summed E-state index contributed by atoms with van der Waals surface area (Å²) in [5.74, 6) is -2.20. The van der Waals surface area contributed by atoms with Gasteiger partial charge in [-0.25, -0.2) is 13.2 Å². The molecule has 1 rings (SSSR count). The third-order valence-corrected chi connectivity index (χ3v) is 5.07. The Hall–Kier alpha value is -1.35. The van der Waals surface area contributed by atoms with E-state index in [1.165, 1.54) is 0 Å². The molecular formula is C11H11Cl2NO6S. The van der Waals surface area contributed by atoms with Gasteiger partial charge in [0.1, 0.15) is 11.4 Å². The lowest BCUT2D eigenvalue weighted by Crippen LogP contribution is -2.33. The van der Waals surface area contributed by atoms with Gasteiger partial charge in [0.15, 0.2) is 0 Å². The van der Waals surface area contributed by atoms with Gasteiger partial charge < -0.3 is 9.84 Å². The molecule has 0 heterocycles. The second kappa shape index (κ2) is 6.61. The number of methoxy groups -OCH3 is 1. The van der Waals surface area contributed by atoms with Crippen molar-refractivity contribution in [3.8, 4) is 0 Å². The molecule has 0 aromatic heterocycles. The topological polar surface area (TPSA) is 101 Å². The van der Waals surface area contributed by atoms with Crippen molar-refractivity contribution in [2.45, 2.75) is 4.90 Å². The summed E-state index contributed by atoms with van der Waals surface area (Å²) in [5, 5.41) is 8.38. The number of halogens is 2. The number of hydrogen-bond donors (Lipinski definition) is 1. The predicted molar refractivity (Wildman–Crippen MR) is 75.3 cm³/mol. The minimum atomic E-state index is -4.20. The highest BCUT2D eigenvalue weighted by atomic mass is 35.5. The molecular weight excluding hydrogens is 345 g/mol. The van der Waals surface area contributed by atoms with Crippen molar-refractivity contribution >= 4 is 45.2 Å². The van der Waals surface area contributed by atoms with Crippen LogP contribution in [0.25, 0.3) is 0 Å².